The molecule has 0 fully saturated rings. The molecule has 0 spiro atoms. The molecule has 4 aliphatic rings. The maximum atomic E-state index is 2.76. The molecule has 0 amide bonds. The van der Waals surface area contributed by atoms with Crippen LogP contribution in [0.3, 0.4) is 0 Å². The highest BCUT2D eigenvalue weighted by Gasteiger charge is 2.48. The van der Waals surface area contributed by atoms with E-state index >= 15 is 0 Å². The Balaban J connectivity index is 1.26. The Morgan fingerprint density at radius 3 is 1.53 bits per heavy atom. The summed E-state index contributed by atoms with van der Waals surface area (Å²) in [5, 5.41) is 1.37. The quantitative estimate of drug-likeness (QED) is 0.159. The summed E-state index contributed by atoms with van der Waals surface area (Å²) in [4.78, 5) is 7.93. The fraction of sp³-hybridized carbons (Fsp3) is 0.371. The van der Waals surface area contributed by atoms with Gasteiger partial charge in [0.15, 0.2) is 0 Å². The van der Waals surface area contributed by atoms with Gasteiger partial charge in [-0.25, -0.2) is 0 Å². The van der Waals surface area contributed by atoms with E-state index in [1.807, 2.05) is 0 Å². The highest BCUT2D eigenvalue weighted by molar-refractivity contribution is 7.33. The molecule has 12 rings (SSSR count). The summed E-state index contributed by atoms with van der Waals surface area (Å²) in [6.45, 7) is 38.4. The van der Waals surface area contributed by atoms with E-state index in [-0.39, 0.29) is 39.2 Å². The molecule has 382 valence electrons. The maximum Gasteiger partial charge on any atom is 0.264 e. The second-order valence-electron chi connectivity index (χ2n) is 27.7. The Kier molecular flexibility index (Phi) is 11.1. The van der Waals surface area contributed by atoms with E-state index in [9.17, 15) is 0 Å². The Hall–Kier alpha value is -6.04. The molecule has 2 aliphatic heterocycles. The molecule has 3 nitrogen and oxygen atoms in total. The third-order valence-electron chi connectivity index (χ3n) is 18.5. The maximum absolute atomic E-state index is 2.76. The van der Waals surface area contributed by atoms with Crippen LogP contribution in [0.2, 0.25) is 0 Å². The summed E-state index contributed by atoms with van der Waals surface area (Å²) >= 11 is 2.06. The van der Waals surface area contributed by atoms with E-state index in [0.717, 1.165) is 12.1 Å². The van der Waals surface area contributed by atoms with Crippen LogP contribution in [0, 0.1) is 13.8 Å². The van der Waals surface area contributed by atoms with Crippen LogP contribution in [-0.4, -0.2) is 6.71 Å². The van der Waals surface area contributed by atoms with Crippen molar-refractivity contribution in [3.8, 4) is 0 Å². The van der Waals surface area contributed by atoms with E-state index < -0.39 is 0 Å². The Morgan fingerprint density at radius 1 is 0.480 bits per heavy atom. The number of aryl methyl sites for hydroxylation is 2. The molecule has 0 atom stereocenters. The number of para-hydroxylation sites is 2. The summed E-state index contributed by atoms with van der Waals surface area (Å²) in [5.41, 5.74) is 25.1. The average molecular weight is 1000 g/mol. The normalized spacial score (nSPS) is 17.7. The number of hydrogen-bond donors (Lipinski definition) is 0. The Bertz CT molecular complexity index is 3580. The Morgan fingerprint density at radius 2 is 0.973 bits per heavy atom. The Labute approximate surface area is 454 Å². The molecule has 7 aromatic carbocycles. The SMILES string of the molecule is Cc1ccccc1N(c1cc2c3c(c1)N(c1ccc4c(c1)C(C)(C)CCC4(C)C)c1c(sc4cc5c(cc14)C(C)(C)CCC5(C)C)B3c1cc(C(C)(C)C)ccc1N2c1ccc(C(C)(C)C)cc1)c1ccccc1C. The summed E-state index contributed by atoms with van der Waals surface area (Å²) < 4.78 is 2.82. The first-order valence-electron chi connectivity index (χ1n) is 28.0. The summed E-state index contributed by atoms with van der Waals surface area (Å²) in [5.74, 6) is 0. The lowest BCUT2D eigenvalue weighted by molar-refractivity contribution is 0.332. The van der Waals surface area contributed by atoms with Gasteiger partial charge in [0.25, 0.3) is 6.71 Å². The van der Waals surface area contributed by atoms with Crippen molar-refractivity contribution in [1.82, 2.24) is 0 Å². The van der Waals surface area contributed by atoms with Crippen LogP contribution in [0.1, 0.15) is 167 Å². The molecule has 0 unspecified atom stereocenters. The van der Waals surface area contributed by atoms with Crippen molar-refractivity contribution in [2.45, 2.75) is 169 Å². The van der Waals surface area contributed by atoms with Gasteiger partial charge >= 0.3 is 0 Å². The molecule has 75 heavy (non-hydrogen) atoms. The topological polar surface area (TPSA) is 9.72 Å². The van der Waals surface area contributed by atoms with Crippen molar-refractivity contribution in [2.24, 2.45) is 0 Å². The van der Waals surface area contributed by atoms with E-state index in [1.54, 1.807) is 0 Å². The number of hydrogen-bond acceptors (Lipinski definition) is 4. The van der Waals surface area contributed by atoms with E-state index in [1.165, 1.54) is 135 Å². The van der Waals surface area contributed by atoms with E-state index in [0.29, 0.717) is 0 Å². The van der Waals surface area contributed by atoms with Gasteiger partial charge < -0.3 is 14.7 Å². The smallest absolute Gasteiger partial charge is 0.264 e. The predicted octanol–water partition coefficient (Wildman–Crippen LogP) is 18.4. The van der Waals surface area contributed by atoms with Crippen LogP contribution in [-0.2, 0) is 32.5 Å². The van der Waals surface area contributed by atoms with Crippen LogP contribution in [0.25, 0.3) is 10.1 Å². The molecule has 0 N–H and O–H groups in total. The number of fused-ring (bicyclic) bond motifs is 8. The fourth-order valence-electron chi connectivity index (χ4n) is 13.5. The van der Waals surface area contributed by atoms with E-state index in [4.69, 9.17) is 0 Å². The lowest BCUT2D eigenvalue weighted by Crippen LogP contribution is -2.60. The third-order valence-corrected chi connectivity index (χ3v) is 19.7. The first-order chi connectivity index (χ1) is 35.2. The number of nitrogens with zero attached hydrogens (tertiary/aromatic N) is 3. The van der Waals surface area contributed by atoms with Crippen LogP contribution >= 0.6 is 11.3 Å². The monoisotopic (exact) mass is 1000 g/mol. The van der Waals surface area contributed by atoms with Crippen molar-refractivity contribution in [1.29, 1.82) is 0 Å². The lowest BCUT2D eigenvalue weighted by Gasteiger charge is -2.46. The molecule has 1 aromatic heterocycles. The first-order valence-corrected chi connectivity index (χ1v) is 28.8. The van der Waals surface area contributed by atoms with Gasteiger partial charge in [-0.2, -0.15) is 0 Å². The fourth-order valence-corrected chi connectivity index (χ4v) is 14.9. The lowest BCUT2D eigenvalue weighted by atomic mass is 9.36. The number of rotatable bonds is 5. The van der Waals surface area contributed by atoms with Crippen molar-refractivity contribution in [3.63, 3.8) is 0 Å². The number of thiophene rings is 1. The van der Waals surface area contributed by atoms with Crippen molar-refractivity contribution < 1.29 is 0 Å². The van der Waals surface area contributed by atoms with Crippen LogP contribution in [0.4, 0.5) is 51.2 Å². The van der Waals surface area contributed by atoms with Gasteiger partial charge in [0, 0.05) is 54.7 Å². The first kappa shape index (κ1) is 49.8. The van der Waals surface area contributed by atoms with Gasteiger partial charge in [0.1, 0.15) is 0 Å². The second-order valence-corrected chi connectivity index (χ2v) is 28.8. The molecule has 2 aliphatic carbocycles. The van der Waals surface area contributed by atoms with Gasteiger partial charge in [-0.05, 0) is 194 Å². The standard InChI is InChI=1S/C70H78BN3S/c1-43-21-17-19-23-56(43)73(57-24-20-18-22-44(57)2)49-39-59-62-60(40-49)74(48-30-31-51-52(38-48)68(11,12)34-33-67(51,9)10)63-50-41-53-54(70(15,16)36-35-69(53,13)14)42-61(50)75-64(63)71(62)55-37-46(66(6,7)8)27-32-58(55)72(59)47-28-25-45(26-29-47)65(3,4)5/h17-32,37-42H,33-36H2,1-16H3. The minimum atomic E-state index is -0.0492. The molecule has 8 aromatic rings. The molecule has 5 heteroatoms. The van der Waals surface area contributed by atoms with Crippen LogP contribution in [0.15, 0.2) is 133 Å². The van der Waals surface area contributed by atoms with E-state index in [2.05, 4.69) is 270 Å². The number of benzene rings is 7. The molecule has 0 radical (unpaired) electrons. The predicted molar refractivity (Wildman–Crippen MR) is 328 cm³/mol. The molecular formula is C70H78BN3S. The minimum Gasteiger partial charge on any atom is -0.311 e. The molecule has 0 saturated carbocycles. The largest absolute Gasteiger partial charge is 0.311 e. The summed E-state index contributed by atoms with van der Waals surface area (Å²) in [6, 6.07) is 52.9. The highest BCUT2D eigenvalue weighted by atomic mass is 32.1. The van der Waals surface area contributed by atoms with Gasteiger partial charge in [0.2, 0.25) is 0 Å². The molecule has 3 heterocycles. The van der Waals surface area contributed by atoms with Crippen molar-refractivity contribution >= 4 is 95.0 Å². The molecule has 0 bridgehead atoms. The highest BCUT2D eigenvalue weighted by Crippen LogP contribution is 2.56. The second kappa shape index (κ2) is 16.7. The van der Waals surface area contributed by atoms with Crippen LogP contribution < -0.4 is 30.4 Å². The molecule has 0 saturated heterocycles. The zero-order valence-electron chi connectivity index (χ0n) is 47.9. The van der Waals surface area contributed by atoms with Crippen LogP contribution in [0.5, 0.6) is 0 Å². The van der Waals surface area contributed by atoms with Crippen molar-refractivity contribution in [2.75, 3.05) is 14.7 Å². The molecular weight excluding hydrogens is 926 g/mol. The summed E-state index contributed by atoms with van der Waals surface area (Å²) in [6.07, 6.45) is 4.70. The average Bonchev–Trinajstić information content (AvgIpc) is 3.79. The van der Waals surface area contributed by atoms with Gasteiger partial charge in [0.05, 0.1) is 11.4 Å². The number of anilines is 9. The zero-order valence-corrected chi connectivity index (χ0v) is 48.7. The minimum absolute atomic E-state index is 0.00785. The van der Waals surface area contributed by atoms with Gasteiger partial charge in [-0.1, -0.05) is 164 Å². The zero-order chi connectivity index (χ0) is 53.1. The van der Waals surface area contributed by atoms with Gasteiger partial charge in [-0.3, -0.25) is 0 Å². The third kappa shape index (κ3) is 7.86. The summed E-state index contributed by atoms with van der Waals surface area (Å²) in [7, 11) is 0. The van der Waals surface area contributed by atoms with Gasteiger partial charge in [-0.15, -0.1) is 11.3 Å². The van der Waals surface area contributed by atoms with Crippen molar-refractivity contribution in [3.05, 3.63) is 178 Å².